The fourth-order valence-electron chi connectivity index (χ4n) is 6.75. The lowest BCUT2D eigenvalue weighted by molar-refractivity contribution is -0.372. The molecule has 0 atom stereocenters. The summed E-state index contributed by atoms with van der Waals surface area (Å²) >= 11 is 0. The summed E-state index contributed by atoms with van der Waals surface area (Å²) in [6, 6.07) is 0. The Labute approximate surface area is 334 Å². The fourth-order valence-corrected chi connectivity index (χ4v) is 6.75. The van der Waals surface area contributed by atoms with Crippen LogP contribution in [0.3, 0.4) is 0 Å². The summed E-state index contributed by atoms with van der Waals surface area (Å²) in [5.41, 5.74) is -3.05. The number of nitrogens with zero attached hydrogens (tertiary/aromatic N) is 8. The zero-order valence-electron chi connectivity index (χ0n) is 34.8. The number of hydrogen-bond acceptors (Lipinski definition) is 20. The molecule has 3 spiro atoms. The van der Waals surface area contributed by atoms with Gasteiger partial charge in [0.15, 0.2) is 11.6 Å². The minimum absolute atomic E-state index is 0.116. The Balaban J connectivity index is 1.03. The van der Waals surface area contributed by atoms with Gasteiger partial charge in [0.25, 0.3) is 0 Å². The van der Waals surface area contributed by atoms with Crippen molar-refractivity contribution in [2.45, 2.75) is 115 Å². The number of anilines is 6. The van der Waals surface area contributed by atoms with Crippen LogP contribution >= 0.6 is 0 Å². The maximum Gasteiger partial charge on any atom is 0.231 e. The summed E-state index contributed by atoms with van der Waals surface area (Å²) in [7, 11) is 0. The first-order valence-corrected chi connectivity index (χ1v) is 19.9. The number of aliphatic hydroxyl groups excluding tert-OH is 4. The van der Waals surface area contributed by atoms with Crippen molar-refractivity contribution < 1.29 is 39.4 Å². The van der Waals surface area contributed by atoms with Crippen molar-refractivity contribution in [1.29, 1.82) is 0 Å². The summed E-state index contributed by atoms with van der Waals surface area (Å²) in [6.45, 7) is 18.5. The van der Waals surface area contributed by atoms with Crippen LogP contribution in [0.1, 0.15) is 81.1 Å². The molecule has 0 radical (unpaired) electrons. The van der Waals surface area contributed by atoms with Gasteiger partial charge < -0.3 is 70.4 Å². The Bertz CT molecular complexity index is 1460. The molecule has 4 aliphatic rings. The predicted octanol–water partition coefficient (Wildman–Crippen LogP) is 1.16. The molecule has 8 N–H and O–H groups in total. The van der Waals surface area contributed by atoms with E-state index >= 15 is 0 Å². The third-order valence-corrected chi connectivity index (χ3v) is 10.8. The van der Waals surface area contributed by atoms with Gasteiger partial charge >= 0.3 is 0 Å². The molecule has 320 valence electrons. The Hall–Kier alpha value is -3.50. The van der Waals surface area contributed by atoms with Crippen molar-refractivity contribution >= 4 is 35.7 Å². The van der Waals surface area contributed by atoms with Crippen molar-refractivity contribution in [2.75, 3.05) is 110 Å². The van der Waals surface area contributed by atoms with E-state index in [1.54, 1.807) is 0 Å². The average Bonchev–Trinajstić information content (AvgIpc) is 3.17. The molecular weight excluding hydrogens is 740 g/mol. The first-order chi connectivity index (χ1) is 26.7. The molecule has 0 unspecified atom stereocenters. The minimum atomic E-state index is -0.736. The highest BCUT2D eigenvalue weighted by Gasteiger charge is 2.52. The largest absolute Gasteiger partial charge is 0.394 e. The van der Waals surface area contributed by atoms with Crippen LogP contribution in [0.2, 0.25) is 0 Å². The van der Waals surface area contributed by atoms with Crippen LogP contribution in [-0.4, -0.2) is 163 Å². The highest BCUT2D eigenvalue weighted by molar-refractivity contribution is 5.47. The Morgan fingerprint density at radius 1 is 0.456 bits per heavy atom. The SMILES string of the molecule is CC(C)(CO)Nc1nc(NC(C)(C)CO)nc(N2CCC3(CC2)OCC2(CO3)COC3(CCN(c4nc(NC(C)(C)CO)nc(NC(C)(C)CO)n4)CC3)OC2)n1. The van der Waals surface area contributed by atoms with E-state index in [0.717, 1.165) is 0 Å². The van der Waals surface area contributed by atoms with E-state index in [0.29, 0.717) is 114 Å². The van der Waals surface area contributed by atoms with Crippen molar-refractivity contribution in [3.05, 3.63) is 0 Å². The summed E-state index contributed by atoms with van der Waals surface area (Å²) in [6.07, 6.45) is 2.41. The first kappa shape index (κ1) is 43.1. The summed E-state index contributed by atoms with van der Waals surface area (Å²) in [4.78, 5) is 31.9. The van der Waals surface area contributed by atoms with E-state index in [1.807, 2.05) is 55.4 Å². The van der Waals surface area contributed by atoms with Crippen molar-refractivity contribution in [2.24, 2.45) is 5.41 Å². The van der Waals surface area contributed by atoms with Gasteiger partial charge in [0.05, 0.1) is 80.4 Å². The van der Waals surface area contributed by atoms with Gasteiger partial charge in [-0.3, -0.25) is 0 Å². The highest BCUT2D eigenvalue weighted by atomic mass is 16.7. The van der Waals surface area contributed by atoms with Crippen LogP contribution in [-0.2, 0) is 18.9 Å². The van der Waals surface area contributed by atoms with Gasteiger partial charge in [-0.1, -0.05) is 0 Å². The quantitative estimate of drug-likeness (QED) is 0.133. The van der Waals surface area contributed by atoms with E-state index in [1.165, 1.54) is 0 Å². The average molecular weight is 805 g/mol. The maximum atomic E-state index is 9.84. The number of aromatic nitrogens is 6. The van der Waals surface area contributed by atoms with Gasteiger partial charge in [-0.2, -0.15) is 29.9 Å². The van der Waals surface area contributed by atoms with Gasteiger partial charge in [0, 0.05) is 51.9 Å². The van der Waals surface area contributed by atoms with Crippen LogP contribution in [0, 0.1) is 5.41 Å². The molecule has 6 rings (SSSR count). The second kappa shape index (κ2) is 16.3. The number of aliphatic hydroxyl groups is 4. The van der Waals surface area contributed by atoms with Crippen molar-refractivity contribution in [1.82, 2.24) is 29.9 Å². The number of rotatable bonds is 14. The van der Waals surface area contributed by atoms with Gasteiger partial charge in [-0.05, 0) is 55.4 Å². The molecule has 0 saturated carbocycles. The molecule has 6 heterocycles. The molecule has 4 saturated heterocycles. The lowest BCUT2D eigenvalue weighted by Gasteiger charge is -2.53. The predicted molar refractivity (Wildman–Crippen MR) is 213 cm³/mol. The van der Waals surface area contributed by atoms with E-state index in [-0.39, 0.29) is 26.4 Å². The first-order valence-electron chi connectivity index (χ1n) is 19.9. The van der Waals surface area contributed by atoms with Gasteiger partial charge in [-0.15, -0.1) is 0 Å². The highest BCUT2D eigenvalue weighted by Crippen LogP contribution is 2.43. The van der Waals surface area contributed by atoms with Crippen LogP contribution in [0.15, 0.2) is 0 Å². The molecule has 0 aromatic carbocycles. The van der Waals surface area contributed by atoms with Crippen LogP contribution < -0.4 is 31.1 Å². The Morgan fingerprint density at radius 2 is 0.702 bits per heavy atom. The van der Waals surface area contributed by atoms with Crippen molar-refractivity contribution in [3.8, 4) is 0 Å². The molecule has 2 aromatic heterocycles. The molecule has 20 heteroatoms. The number of hydrogen-bond donors (Lipinski definition) is 8. The normalized spacial score (nSPS) is 21.2. The molecule has 4 fully saturated rings. The van der Waals surface area contributed by atoms with Crippen molar-refractivity contribution in [3.63, 3.8) is 0 Å². The monoisotopic (exact) mass is 804 g/mol. The summed E-state index contributed by atoms with van der Waals surface area (Å²) < 4.78 is 26.1. The summed E-state index contributed by atoms with van der Waals surface area (Å²) in [5, 5.41) is 52.1. The molecule has 4 aliphatic heterocycles. The second-order valence-electron chi connectivity index (χ2n) is 18.7. The molecule has 0 bridgehead atoms. The fraction of sp³-hybridized carbons (Fsp3) is 0.838. The number of piperidine rings is 2. The Kier molecular flexibility index (Phi) is 12.3. The molecule has 2 aromatic rings. The molecule has 0 amide bonds. The molecular formula is C37H64N12O8. The smallest absolute Gasteiger partial charge is 0.231 e. The zero-order valence-corrected chi connectivity index (χ0v) is 34.8. The van der Waals surface area contributed by atoms with Gasteiger partial charge in [0.2, 0.25) is 35.7 Å². The van der Waals surface area contributed by atoms with Gasteiger partial charge in [0.1, 0.15) is 0 Å². The minimum Gasteiger partial charge on any atom is -0.394 e. The topological polar surface area (TPSA) is 250 Å². The lowest BCUT2D eigenvalue weighted by atomic mass is 9.87. The number of nitrogens with one attached hydrogen (secondary N) is 4. The number of ether oxygens (including phenoxy) is 4. The van der Waals surface area contributed by atoms with E-state index < -0.39 is 39.1 Å². The van der Waals surface area contributed by atoms with Gasteiger partial charge in [-0.25, -0.2) is 0 Å². The van der Waals surface area contributed by atoms with Crippen LogP contribution in [0.4, 0.5) is 35.7 Å². The van der Waals surface area contributed by atoms with Crippen LogP contribution in [0.25, 0.3) is 0 Å². The molecule has 20 nitrogen and oxygen atoms in total. The maximum absolute atomic E-state index is 9.84. The zero-order chi connectivity index (χ0) is 41.3. The van der Waals surface area contributed by atoms with E-state index in [4.69, 9.17) is 18.9 Å². The van der Waals surface area contributed by atoms with Crippen LogP contribution in [0.5, 0.6) is 0 Å². The third kappa shape index (κ3) is 10.6. The van der Waals surface area contributed by atoms with E-state index in [2.05, 4.69) is 61.0 Å². The molecule has 57 heavy (non-hydrogen) atoms. The van der Waals surface area contributed by atoms with E-state index in [9.17, 15) is 20.4 Å². The standard InChI is InChI=1S/C37H64N12O8/c1-31(2,17-50)44-25-38-26(45-32(3,4)18-51)41-29(40-25)48-13-9-36(10-14-48)54-21-35(22-55-36)23-56-37(57-24-35)11-15-49(16-12-37)30-42-27(46-33(5,6)19-52)39-28(43-30)47-34(7,8)20-53/h50-53H,9-24H2,1-8H3,(H2,38,40,41,44,45)(H2,39,42,43,46,47). The second-order valence-corrected chi connectivity index (χ2v) is 18.7. The Morgan fingerprint density at radius 3 is 0.930 bits per heavy atom. The summed E-state index contributed by atoms with van der Waals surface area (Å²) in [5.74, 6) is 0.775. The molecule has 0 aliphatic carbocycles. The third-order valence-electron chi connectivity index (χ3n) is 10.8. The lowest BCUT2D eigenvalue weighted by Crippen LogP contribution is -2.62.